The van der Waals surface area contributed by atoms with Crippen molar-refractivity contribution < 1.29 is 9.59 Å². The minimum Gasteiger partial charge on any atom is -0.309 e. The van der Waals surface area contributed by atoms with Crippen LogP contribution in [-0.4, -0.2) is 28.5 Å². The van der Waals surface area contributed by atoms with Crippen molar-refractivity contribution in [3.8, 4) is 0 Å². The highest BCUT2D eigenvalue weighted by molar-refractivity contribution is 8.05. The summed E-state index contributed by atoms with van der Waals surface area (Å²) < 4.78 is 0. The van der Waals surface area contributed by atoms with Crippen molar-refractivity contribution in [1.82, 2.24) is 4.90 Å². The highest BCUT2D eigenvalue weighted by Crippen LogP contribution is 2.47. The third-order valence-corrected chi connectivity index (χ3v) is 5.77. The van der Waals surface area contributed by atoms with Gasteiger partial charge in [-0.3, -0.25) is 14.5 Å². The van der Waals surface area contributed by atoms with Gasteiger partial charge >= 0.3 is 0 Å². The second-order valence-corrected chi connectivity index (χ2v) is 6.71. The van der Waals surface area contributed by atoms with Gasteiger partial charge in [0.25, 0.3) is 5.91 Å². The Kier molecular flexibility index (Phi) is 2.85. The smallest absolute Gasteiger partial charge is 0.260 e. The largest absolute Gasteiger partial charge is 0.309 e. The molecule has 0 spiro atoms. The average molecular weight is 300 g/mol. The van der Waals surface area contributed by atoms with Crippen LogP contribution in [0.4, 0.5) is 5.69 Å². The number of thioether (sulfide) groups is 1. The maximum Gasteiger partial charge on any atom is 0.260 e. The Bertz CT molecular complexity index is 683. The fourth-order valence-electron chi connectivity index (χ4n) is 3.28. The van der Waals surface area contributed by atoms with E-state index < -0.39 is 0 Å². The number of amides is 2. The van der Waals surface area contributed by atoms with Crippen molar-refractivity contribution >= 4 is 29.3 Å². The zero-order valence-corrected chi connectivity index (χ0v) is 12.7. The summed E-state index contributed by atoms with van der Waals surface area (Å²) in [5.74, 6) is 0.139. The number of nitrogens with zero attached hydrogens (tertiary/aromatic N) is 2. The molecule has 0 bridgehead atoms. The molecule has 2 fully saturated rings. The first-order chi connectivity index (χ1) is 10.2. The monoisotopic (exact) mass is 300 g/mol. The van der Waals surface area contributed by atoms with E-state index in [-0.39, 0.29) is 17.1 Å². The molecular weight excluding hydrogens is 284 g/mol. The molecule has 5 heteroatoms. The second kappa shape index (κ2) is 4.63. The van der Waals surface area contributed by atoms with E-state index in [4.69, 9.17) is 0 Å². The Hall–Kier alpha value is -1.75. The molecule has 1 aromatic carbocycles. The molecule has 1 atom stereocenters. The van der Waals surface area contributed by atoms with Gasteiger partial charge in [0, 0.05) is 6.54 Å². The van der Waals surface area contributed by atoms with E-state index in [9.17, 15) is 9.59 Å². The van der Waals surface area contributed by atoms with E-state index in [0.717, 1.165) is 42.2 Å². The number of anilines is 1. The lowest BCUT2D eigenvalue weighted by Crippen LogP contribution is -2.29. The van der Waals surface area contributed by atoms with Crippen LogP contribution in [0.25, 0.3) is 0 Å². The van der Waals surface area contributed by atoms with Gasteiger partial charge in [-0.25, -0.2) is 0 Å². The molecule has 0 radical (unpaired) electrons. The molecule has 2 amide bonds. The molecule has 4 rings (SSSR count). The molecule has 1 aromatic rings. The Morgan fingerprint density at radius 2 is 2.10 bits per heavy atom. The fourth-order valence-corrected chi connectivity index (χ4v) is 4.57. The number of para-hydroxylation sites is 1. The molecular formula is C16H16N2O2S. The lowest BCUT2D eigenvalue weighted by Gasteiger charge is -2.18. The SMILES string of the molecule is CCC1SC2=C3CCCN3C(=O)c3ccccc3N2C1=O. The third-order valence-electron chi connectivity index (χ3n) is 4.31. The molecule has 2 saturated heterocycles. The maximum atomic E-state index is 12.8. The number of benzene rings is 1. The van der Waals surface area contributed by atoms with Crippen molar-refractivity contribution in [2.75, 3.05) is 11.4 Å². The van der Waals surface area contributed by atoms with Crippen LogP contribution in [-0.2, 0) is 4.79 Å². The Labute approximate surface area is 127 Å². The van der Waals surface area contributed by atoms with Gasteiger partial charge in [0.15, 0.2) is 0 Å². The number of carbonyl (C=O) groups excluding carboxylic acids is 2. The molecule has 0 aromatic heterocycles. The van der Waals surface area contributed by atoms with E-state index in [1.54, 1.807) is 16.7 Å². The second-order valence-electron chi connectivity index (χ2n) is 5.52. The molecule has 0 saturated carbocycles. The van der Waals surface area contributed by atoms with Crippen LogP contribution in [0.2, 0.25) is 0 Å². The van der Waals surface area contributed by atoms with Crippen molar-refractivity contribution in [1.29, 1.82) is 0 Å². The van der Waals surface area contributed by atoms with E-state index in [0.29, 0.717) is 5.56 Å². The van der Waals surface area contributed by atoms with Crippen molar-refractivity contribution in [3.63, 3.8) is 0 Å². The number of carbonyl (C=O) groups is 2. The predicted octanol–water partition coefficient (Wildman–Crippen LogP) is 2.96. The van der Waals surface area contributed by atoms with Gasteiger partial charge in [-0.2, -0.15) is 0 Å². The highest BCUT2D eigenvalue weighted by Gasteiger charge is 2.44. The zero-order chi connectivity index (χ0) is 14.6. The van der Waals surface area contributed by atoms with Crippen LogP contribution >= 0.6 is 11.8 Å². The van der Waals surface area contributed by atoms with Gasteiger partial charge in [-0.15, -0.1) is 0 Å². The fraction of sp³-hybridized carbons (Fsp3) is 0.375. The van der Waals surface area contributed by atoms with E-state index in [1.807, 2.05) is 36.1 Å². The van der Waals surface area contributed by atoms with Crippen LogP contribution in [0.15, 0.2) is 35.0 Å². The summed E-state index contributed by atoms with van der Waals surface area (Å²) in [4.78, 5) is 29.1. The summed E-state index contributed by atoms with van der Waals surface area (Å²) in [5.41, 5.74) is 2.41. The van der Waals surface area contributed by atoms with E-state index in [1.165, 1.54) is 0 Å². The summed E-state index contributed by atoms with van der Waals surface area (Å²) >= 11 is 1.62. The molecule has 108 valence electrons. The zero-order valence-electron chi connectivity index (χ0n) is 11.8. The van der Waals surface area contributed by atoms with E-state index in [2.05, 4.69) is 0 Å². The molecule has 21 heavy (non-hydrogen) atoms. The number of rotatable bonds is 1. The molecule has 3 aliphatic rings. The normalized spacial score (nSPS) is 24.1. The van der Waals surface area contributed by atoms with Gasteiger partial charge in [0.1, 0.15) is 5.03 Å². The van der Waals surface area contributed by atoms with Crippen molar-refractivity contribution in [3.05, 3.63) is 40.6 Å². The summed E-state index contributed by atoms with van der Waals surface area (Å²) in [7, 11) is 0. The van der Waals surface area contributed by atoms with Crippen LogP contribution < -0.4 is 4.90 Å². The lowest BCUT2D eigenvalue weighted by molar-refractivity contribution is -0.117. The van der Waals surface area contributed by atoms with Gasteiger partial charge < -0.3 is 4.90 Å². The van der Waals surface area contributed by atoms with Crippen LogP contribution in [0.5, 0.6) is 0 Å². The Morgan fingerprint density at radius 1 is 1.29 bits per heavy atom. The van der Waals surface area contributed by atoms with E-state index >= 15 is 0 Å². The van der Waals surface area contributed by atoms with Gasteiger partial charge in [-0.1, -0.05) is 30.8 Å². The molecule has 0 N–H and O–H groups in total. The van der Waals surface area contributed by atoms with Crippen LogP contribution in [0.3, 0.4) is 0 Å². The summed E-state index contributed by atoms with van der Waals surface area (Å²) in [5, 5.41) is 0.943. The van der Waals surface area contributed by atoms with Crippen molar-refractivity contribution in [2.45, 2.75) is 31.4 Å². The highest BCUT2D eigenvalue weighted by atomic mass is 32.2. The van der Waals surface area contributed by atoms with Crippen molar-refractivity contribution in [2.24, 2.45) is 0 Å². The quantitative estimate of drug-likeness (QED) is 0.800. The van der Waals surface area contributed by atoms with Gasteiger partial charge in [-0.05, 0) is 31.4 Å². The summed E-state index contributed by atoms with van der Waals surface area (Å²) in [6, 6.07) is 7.46. The molecule has 0 aliphatic carbocycles. The Morgan fingerprint density at radius 3 is 2.90 bits per heavy atom. The molecule has 3 aliphatic heterocycles. The summed E-state index contributed by atoms with van der Waals surface area (Å²) in [6.45, 7) is 2.79. The molecule has 4 nitrogen and oxygen atoms in total. The average Bonchev–Trinajstić information content (AvgIpc) is 3.08. The minimum absolute atomic E-state index is 0.0291. The standard InChI is InChI=1S/C16H16N2O2S/c1-2-13-15(20)18-11-7-4-3-6-10(11)14(19)17-9-5-8-12(17)16(18)21-13/h3-4,6-7,13H,2,5,8-9H2,1H3. The third kappa shape index (κ3) is 1.70. The first-order valence-electron chi connectivity index (χ1n) is 7.37. The van der Waals surface area contributed by atoms with Gasteiger partial charge in [0.05, 0.1) is 22.2 Å². The first-order valence-corrected chi connectivity index (χ1v) is 8.25. The number of fused-ring (bicyclic) bond motifs is 4. The number of hydrogen-bond acceptors (Lipinski definition) is 3. The minimum atomic E-state index is -0.0313. The first kappa shape index (κ1) is 13.0. The van der Waals surface area contributed by atoms with Crippen LogP contribution in [0.1, 0.15) is 36.5 Å². The topological polar surface area (TPSA) is 40.6 Å². The maximum absolute atomic E-state index is 12.8. The predicted molar refractivity (Wildman–Crippen MR) is 82.9 cm³/mol. The lowest BCUT2D eigenvalue weighted by atomic mass is 10.1. The molecule has 3 heterocycles. The number of hydrogen-bond donors (Lipinski definition) is 0. The van der Waals surface area contributed by atoms with Gasteiger partial charge in [0.2, 0.25) is 5.91 Å². The molecule has 1 unspecified atom stereocenters. The summed E-state index contributed by atoms with van der Waals surface area (Å²) in [6.07, 6.45) is 2.67. The Balaban J connectivity index is 1.97. The van der Waals surface area contributed by atoms with Crippen LogP contribution in [0, 0.1) is 0 Å². The number of allylic oxidation sites excluding steroid dienone is 1.